The zero-order valence-electron chi connectivity index (χ0n) is 15.8. The fourth-order valence-electron chi connectivity index (χ4n) is 2.70. The number of benzene rings is 2. The summed E-state index contributed by atoms with van der Waals surface area (Å²) in [6.45, 7) is 3.22. The van der Waals surface area contributed by atoms with Crippen molar-refractivity contribution in [2.75, 3.05) is 13.6 Å². The van der Waals surface area contributed by atoms with Gasteiger partial charge in [0.15, 0.2) is 0 Å². The van der Waals surface area contributed by atoms with Crippen LogP contribution in [0.3, 0.4) is 0 Å². The molecule has 2 rings (SSSR count). The third-order valence-electron chi connectivity index (χ3n) is 3.95. The first-order valence-electron chi connectivity index (χ1n) is 8.81. The first-order chi connectivity index (χ1) is 12.9. The van der Waals surface area contributed by atoms with Gasteiger partial charge in [0.05, 0.1) is 0 Å². The van der Waals surface area contributed by atoms with Crippen molar-refractivity contribution >= 4 is 11.9 Å². The molecule has 0 aliphatic rings. The molecule has 0 bridgehead atoms. The summed E-state index contributed by atoms with van der Waals surface area (Å²) in [6, 6.07) is 19.7. The first kappa shape index (κ1) is 22.1. The number of carboxylic acids is 2. The third-order valence-corrected chi connectivity index (χ3v) is 3.95. The van der Waals surface area contributed by atoms with Crippen molar-refractivity contribution in [1.82, 2.24) is 5.32 Å². The number of aryl methyl sites for hydroxylation is 1. The van der Waals surface area contributed by atoms with Crippen LogP contribution in [0.1, 0.15) is 29.0 Å². The third kappa shape index (κ3) is 9.97. The molecule has 27 heavy (non-hydrogen) atoms. The van der Waals surface area contributed by atoms with Crippen LogP contribution in [0.4, 0.5) is 0 Å². The number of aliphatic carboxylic acids is 2. The van der Waals surface area contributed by atoms with Gasteiger partial charge in [0.2, 0.25) is 0 Å². The SMILES string of the molecule is CNCCC(Cc1cccc(C)c1)c1ccccc1.O=C(O)C=CC(=O)O. The molecule has 0 radical (unpaired) electrons. The van der Waals surface area contributed by atoms with E-state index in [0.29, 0.717) is 18.1 Å². The van der Waals surface area contributed by atoms with E-state index in [0.717, 1.165) is 13.0 Å². The Morgan fingerprint density at radius 2 is 1.63 bits per heavy atom. The van der Waals surface area contributed by atoms with E-state index in [1.165, 1.54) is 23.1 Å². The molecule has 0 saturated heterocycles. The molecule has 2 aromatic rings. The molecule has 0 aliphatic carbocycles. The highest BCUT2D eigenvalue weighted by Gasteiger charge is 2.11. The van der Waals surface area contributed by atoms with Gasteiger partial charge in [0.1, 0.15) is 0 Å². The number of nitrogens with one attached hydrogen (secondary N) is 1. The fraction of sp³-hybridized carbons (Fsp3) is 0.273. The highest BCUT2D eigenvalue weighted by atomic mass is 16.4. The summed E-state index contributed by atoms with van der Waals surface area (Å²) < 4.78 is 0. The number of carboxylic acid groups (broad SMARTS) is 2. The minimum Gasteiger partial charge on any atom is -0.478 e. The van der Waals surface area contributed by atoms with E-state index in [9.17, 15) is 9.59 Å². The number of carbonyl (C=O) groups is 2. The summed E-state index contributed by atoms with van der Waals surface area (Å²) in [5.74, 6) is -1.92. The molecule has 144 valence electrons. The molecule has 3 N–H and O–H groups in total. The van der Waals surface area contributed by atoms with E-state index in [2.05, 4.69) is 66.8 Å². The van der Waals surface area contributed by atoms with Crippen molar-refractivity contribution in [3.05, 3.63) is 83.4 Å². The maximum Gasteiger partial charge on any atom is 0.328 e. The van der Waals surface area contributed by atoms with E-state index < -0.39 is 11.9 Å². The van der Waals surface area contributed by atoms with Crippen molar-refractivity contribution in [2.24, 2.45) is 0 Å². The Morgan fingerprint density at radius 3 is 2.15 bits per heavy atom. The molecule has 0 aliphatic heterocycles. The van der Waals surface area contributed by atoms with Crippen LogP contribution in [-0.2, 0) is 16.0 Å². The largest absolute Gasteiger partial charge is 0.478 e. The number of hydrogen-bond acceptors (Lipinski definition) is 3. The summed E-state index contributed by atoms with van der Waals surface area (Å²) in [5, 5.41) is 18.9. The summed E-state index contributed by atoms with van der Waals surface area (Å²) in [6.07, 6.45) is 3.41. The highest BCUT2D eigenvalue weighted by molar-refractivity contribution is 5.89. The van der Waals surface area contributed by atoms with E-state index >= 15 is 0 Å². The van der Waals surface area contributed by atoms with Crippen LogP contribution in [0, 0.1) is 6.92 Å². The summed E-state index contributed by atoms with van der Waals surface area (Å²) in [7, 11) is 2.02. The molecular formula is C22H27NO4. The Hall–Kier alpha value is -2.92. The van der Waals surface area contributed by atoms with Gasteiger partial charge in [-0.2, -0.15) is 0 Å². The van der Waals surface area contributed by atoms with Crippen LogP contribution >= 0.6 is 0 Å². The molecule has 0 aromatic heterocycles. The number of hydrogen-bond donors (Lipinski definition) is 3. The zero-order valence-corrected chi connectivity index (χ0v) is 15.8. The lowest BCUT2D eigenvalue weighted by Crippen LogP contribution is -2.14. The van der Waals surface area contributed by atoms with E-state index in [1.807, 2.05) is 7.05 Å². The van der Waals surface area contributed by atoms with E-state index in [-0.39, 0.29) is 0 Å². The molecule has 2 aromatic carbocycles. The minimum atomic E-state index is -1.26. The summed E-state index contributed by atoms with van der Waals surface area (Å²) in [4.78, 5) is 19.1. The second kappa shape index (κ2) is 12.4. The lowest BCUT2D eigenvalue weighted by molar-refractivity contribution is -0.134. The Labute approximate surface area is 160 Å². The molecule has 0 heterocycles. The van der Waals surface area contributed by atoms with Gasteiger partial charge < -0.3 is 15.5 Å². The smallest absolute Gasteiger partial charge is 0.328 e. The second-order valence-electron chi connectivity index (χ2n) is 6.20. The molecule has 1 unspecified atom stereocenters. The summed E-state index contributed by atoms with van der Waals surface area (Å²) >= 11 is 0. The van der Waals surface area contributed by atoms with Crippen molar-refractivity contribution in [1.29, 1.82) is 0 Å². The minimum absolute atomic E-state index is 0.558. The highest BCUT2D eigenvalue weighted by Crippen LogP contribution is 2.24. The topological polar surface area (TPSA) is 86.6 Å². The van der Waals surface area contributed by atoms with Crippen LogP contribution in [0.5, 0.6) is 0 Å². The van der Waals surface area contributed by atoms with Gasteiger partial charge in [-0.25, -0.2) is 9.59 Å². The molecule has 0 amide bonds. The zero-order chi connectivity index (χ0) is 20.1. The van der Waals surface area contributed by atoms with Crippen LogP contribution in [0.15, 0.2) is 66.7 Å². The molecule has 0 spiro atoms. The van der Waals surface area contributed by atoms with Gasteiger partial charge in [0.25, 0.3) is 0 Å². The molecule has 5 heteroatoms. The molecular weight excluding hydrogens is 342 g/mol. The van der Waals surface area contributed by atoms with E-state index in [1.54, 1.807) is 0 Å². The van der Waals surface area contributed by atoms with Crippen molar-refractivity contribution in [3.63, 3.8) is 0 Å². The standard InChI is InChI=1S/C18H23N.C4H4O4/c1-15-7-6-8-16(13-15)14-18(11-12-19-2)17-9-4-3-5-10-17;5-3(6)1-2-4(7)8/h3-10,13,18-19H,11-12,14H2,1-2H3;1-2H,(H,5,6)(H,7,8). The van der Waals surface area contributed by atoms with Gasteiger partial charge in [-0.05, 0) is 50.4 Å². The van der Waals surface area contributed by atoms with Crippen LogP contribution in [-0.4, -0.2) is 35.7 Å². The Morgan fingerprint density at radius 1 is 1.00 bits per heavy atom. The van der Waals surface area contributed by atoms with Gasteiger partial charge in [-0.3, -0.25) is 0 Å². The average Bonchev–Trinajstić information content (AvgIpc) is 2.65. The van der Waals surface area contributed by atoms with Crippen molar-refractivity contribution in [2.45, 2.75) is 25.7 Å². The van der Waals surface area contributed by atoms with Crippen molar-refractivity contribution in [3.8, 4) is 0 Å². The van der Waals surface area contributed by atoms with Crippen LogP contribution in [0.2, 0.25) is 0 Å². The maximum absolute atomic E-state index is 9.55. The second-order valence-corrected chi connectivity index (χ2v) is 6.20. The van der Waals surface area contributed by atoms with Crippen LogP contribution < -0.4 is 5.32 Å². The van der Waals surface area contributed by atoms with Crippen molar-refractivity contribution < 1.29 is 19.8 Å². The number of rotatable bonds is 8. The lowest BCUT2D eigenvalue weighted by atomic mass is 9.89. The average molecular weight is 369 g/mol. The predicted octanol–water partition coefficient (Wildman–Crippen LogP) is 3.64. The first-order valence-corrected chi connectivity index (χ1v) is 8.81. The quantitative estimate of drug-likeness (QED) is 0.619. The lowest BCUT2D eigenvalue weighted by Gasteiger charge is -2.17. The molecule has 1 atom stereocenters. The monoisotopic (exact) mass is 369 g/mol. The molecule has 0 saturated carbocycles. The van der Waals surface area contributed by atoms with Gasteiger partial charge in [0, 0.05) is 12.2 Å². The van der Waals surface area contributed by atoms with Gasteiger partial charge in [-0.1, -0.05) is 60.2 Å². The van der Waals surface area contributed by atoms with Gasteiger partial charge >= 0.3 is 11.9 Å². The Bertz CT molecular complexity index is 725. The maximum atomic E-state index is 9.55. The van der Waals surface area contributed by atoms with E-state index in [4.69, 9.17) is 10.2 Å². The predicted molar refractivity (Wildman–Crippen MR) is 107 cm³/mol. The van der Waals surface area contributed by atoms with Gasteiger partial charge in [-0.15, -0.1) is 0 Å². The fourth-order valence-corrected chi connectivity index (χ4v) is 2.70. The molecule has 0 fully saturated rings. The Balaban J connectivity index is 0.000000387. The summed E-state index contributed by atoms with van der Waals surface area (Å²) in [5.41, 5.74) is 4.22. The van der Waals surface area contributed by atoms with Crippen LogP contribution in [0.25, 0.3) is 0 Å². The molecule has 5 nitrogen and oxygen atoms in total. The Kier molecular flexibility index (Phi) is 10.2. The normalized spacial score (nSPS) is 11.5.